The average molecular weight is 771 g/mol. The molecule has 0 bridgehead atoms. The van der Waals surface area contributed by atoms with Crippen molar-refractivity contribution in [3.8, 4) is 11.8 Å². The number of aryl methyl sites for hydroxylation is 2. The molecule has 0 aromatic heterocycles. The first-order chi connectivity index (χ1) is 27.1. The molecule has 0 radical (unpaired) electrons. The smallest absolute Gasteiger partial charge is 0.262 e. The maximum atomic E-state index is 13.7. The molecule has 5 amide bonds. The van der Waals surface area contributed by atoms with Crippen LogP contribution in [0, 0.1) is 41.9 Å². The predicted octanol–water partition coefficient (Wildman–Crippen LogP) is 5.42. The largest absolute Gasteiger partial charge is 0.489 e. The molecular formula is C45H50N6O6. The molecule has 0 spiro atoms. The van der Waals surface area contributed by atoms with Crippen molar-refractivity contribution in [3.05, 3.63) is 93.0 Å². The number of hydrogen-bond acceptors (Lipinski definition) is 9. The van der Waals surface area contributed by atoms with Crippen molar-refractivity contribution in [2.45, 2.75) is 98.5 Å². The quantitative estimate of drug-likeness (QED) is 0.286. The Morgan fingerprint density at radius 3 is 2.11 bits per heavy atom. The van der Waals surface area contributed by atoms with Crippen LogP contribution in [0.25, 0.3) is 0 Å². The van der Waals surface area contributed by atoms with Crippen molar-refractivity contribution < 1.29 is 28.7 Å². The normalized spacial score (nSPS) is 24.1. The van der Waals surface area contributed by atoms with E-state index in [1.54, 1.807) is 6.07 Å². The van der Waals surface area contributed by atoms with Gasteiger partial charge >= 0.3 is 0 Å². The maximum Gasteiger partial charge on any atom is 0.262 e. The van der Waals surface area contributed by atoms with E-state index in [1.807, 2.05) is 44.2 Å². The van der Waals surface area contributed by atoms with E-state index in [1.165, 1.54) is 0 Å². The highest BCUT2D eigenvalue weighted by atomic mass is 16.5. The molecule has 8 rings (SSSR count). The van der Waals surface area contributed by atoms with E-state index in [2.05, 4.69) is 66.3 Å². The molecule has 3 aromatic rings. The monoisotopic (exact) mass is 770 g/mol. The third-order valence-electron chi connectivity index (χ3n) is 13.2. The van der Waals surface area contributed by atoms with Gasteiger partial charge < -0.3 is 15.0 Å². The van der Waals surface area contributed by atoms with Gasteiger partial charge in [0.05, 0.1) is 22.8 Å². The number of hydrogen-bond donors (Lipinski definition) is 2. The molecule has 2 saturated heterocycles. The minimum Gasteiger partial charge on any atom is -0.489 e. The van der Waals surface area contributed by atoms with Gasteiger partial charge in [-0.25, -0.2) is 0 Å². The van der Waals surface area contributed by atoms with E-state index in [0.717, 1.165) is 71.1 Å². The summed E-state index contributed by atoms with van der Waals surface area (Å²) in [4.78, 5) is 70.3. The second kappa shape index (κ2) is 14.1. The van der Waals surface area contributed by atoms with Gasteiger partial charge in [-0.05, 0) is 110 Å². The Bertz CT molecular complexity index is 2200. The number of fused-ring (bicyclic) bond motifs is 2. The minimum absolute atomic E-state index is 0.0891. The van der Waals surface area contributed by atoms with Crippen LogP contribution in [0.3, 0.4) is 0 Å². The Morgan fingerprint density at radius 2 is 1.53 bits per heavy atom. The molecule has 5 aliphatic rings. The van der Waals surface area contributed by atoms with E-state index in [4.69, 9.17) is 4.74 Å². The molecule has 1 unspecified atom stereocenters. The van der Waals surface area contributed by atoms with Gasteiger partial charge in [0.15, 0.2) is 0 Å². The van der Waals surface area contributed by atoms with Crippen molar-refractivity contribution in [2.24, 2.45) is 16.7 Å². The van der Waals surface area contributed by atoms with E-state index in [0.29, 0.717) is 41.3 Å². The summed E-state index contributed by atoms with van der Waals surface area (Å²) < 4.78 is 6.48. The zero-order valence-electron chi connectivity index (χ0n) is 33.5. The van der Waals surface area contributed by atoms with Crippen molar-refractivity contribution in [1.29, 1.82) is 5.26 Å². The lowest BCUT2D eigenvalue weighted by molar-refractivity contribution is -0.164. The van der Waals surface area contributed by atoms with Gasteiger partial charge in [0.2, 0.25) is 11.8 Å². The number of carbonyl (C=O) groups excluding carboxylic acids is 5. The lowest BCUT2D eigenvalue weighted by Gasteiger charge is -2.63. The molecule has 1 atom stereocenters. The summed E-state index contributed by atoms with van der Waals surface area (Å²) in [6.07, 6.45) is 2.16. The van der Waals surface area contributed by atoms with Crippen LogP contribution in [0.1, 0.15) is 112 Å². The fraction of sp³-hybridized carbons (Fsp3) is 0.467. The Hall–Kier alpha value is -5.54. The predicted molar refractivity (Wildman–Crippen MR) is 212 cm³/mol. The average Bonchev–Trinajstić information content (AvgIpc) is 3.67. The Kier molecular flexibility index (Phi) is 9.51. The van der Waals surface area contributed by atoms with Crippen LogP contribution in [0.5, 0.6) is 5.75 Å². The van der Waals surface area contributed by atoms with Crippen LogP contribution >= 0.6 is 0 Å². The van der Waals surface area contributed by atoms with Crippen LogP contribution in [-0.4, -0.2) is 77.2 Å². The second-order valence-electron chi connectivity index (χ2n) is 17.8. The summed E-state index contributed by atoms with van der Waals surface area (Å²) >= 11 is 0. The molecule has 1 saturated carbocycles. The Labute approximate surface area is 333 Å². The highest BCUT2D eigenvalue weighted by Crippen LogP contribution is 2.55. The van der Waals surface area contributed by atoms with E-state index < -0.39 is 23.8 Å². The number of carbonyl (C=O) groups is 5. The van der Waals surface area contributed by atoms with Crippen LogP contribution < -0.4 is 20.3 Å². The van der Waals surface area contributed by atoms with E-state index in [-0.39, 0.29) is 47.6 Å². The molecule has 12 heteroatoms. The van der Waals surface area contributed by atoms with E-state index in [9.17, 15) is 29.2 Å². The topological polar surface area (TPSA) is 152 Å². The van der Waals surface area contributed by atoms with Crippen molar-refractivity contribution in [3.63, 3.8) is 0 Å². The van der Waals surface area contributed by atoms with Crippen molar-refractivity contribution >= 4 is 35.2 Å². The third-order valence-corrected chi connectivity index (χ3v) is 13.2. The Balaban J connectivity index is 0.838. The number of nitriles is 1. The van der Waals surface area contributed by atoms with Gasteiger partial charge in [0.25, 0.3) is 17.7 Å². The number of rotatable bonds is 8. The number of imide groups is 2. The number of amides is 5. The molecule has 3 fully saturated rings. The lowest BCUT2D eigenvalue weighted by Crippen LogP contribution is -2.74. The first-order valence-electron chi connectivity index (χ1n) is 20.0. The molecule has 2 N–H and O–H groups in total. The fourth-order valence-corrected chi connectivity index (χ4v) is 10.4. The summed E-state index contributed by atoms with van der Waals surface area (Å²) in [5.41, 5.74) is 6.31. The van der Waals surface area contributed by atoms with Crippen LogP contribution in [0.4, 0.5) is 5.69 Å². The number of nitrogens with zero attached hydrogens (tertiary/aromatic N) is 4. The third kappa shape index (κ3) is 6.65. The van der Waals surface area contributed by atoms with Gasteiger partial charge in [-0.2, -0.15) is 5.26 Å². The fourth-order valence-electron chi connectivity index (χ4n) is 10.4. The number of nitrogens with one attached hydrogen (secondary N) is 2. The number of piperidine rings is 2. The first kappa shape index (κ1) is 38.3. The summed E-state index contributed by atoms with van der Waals surface area (Å²) in [6.45, 7) is 16.6. The van der Waals surface area contributed by atoms with E-state index >= 15 is 0 Å². The highest BCUT2D eigenvalue weighted by molar-refractivity contribution is 6.23. The van der Waals surface area contributed by atoms with Gasteiger partial charge in [-0.15, -0.1) is 0 Å². The maximum absolute atomic E-state index is 13.7. The Morgan fingerprint density at radius 1 is 0.877 bits per heavy atom. The van der Waals surface area contributed by atoms with Crippen molar-refractivity contribution in [2.75, 3.05) is 24.5 Å². The molecule has 4 aliphatic heterocycles. The molecular weight excluding hydrogens is 721 g/mol. The minimum atomic E-state index is -0.965. The lowest BCUT2D eigenvalue weighted by atomic mass is 9.49. The molecule has 12 nitrogen and oxygen atoms in total. The molecule has 296 valence electrons. The van der Waals surface area contributed by atoms with Crippen LogP contribution in [0.15, 0.2) is 48.5 Å². The summed E-state index contributed by atoms with van der Waals surface area (Å²) in [5.74, 6) is -0.788. The second-order valence-corrected chi connectivity index (χ2v) is 17.8. The zero-order valence-corrected chi connectivity index (χ0v) is 33.5. The van der Waals surface area contributed by atoms with Crippen molar-refractivity contribution in [1.82, 2.24) is 20.4 Å². The van der Waals surface area contributed by atoms with Gasteiger partial charge in [-0.3, -0.25) is 39.1 Å². The molecule has 57 heavy (non-hydrogen) atoms. The first-order valence-corrected chi connectivity index (χ1v) is 20.0. The SMILES string of the molecule is Cc1cc(OC2C(C)(C)C(NC(=O)c3ccc(N4CCC(CN5Cc6cc7c(cc6C5)C(=O)N(C5CCC(=O)NC5=O)C7=O)CC4)cc3C)C2(C)C)ccc1C#N. The van der Waals surface area contributed by atoms with Gasteiger partial charge in [-0.1, -0.05) is 27.7 Å². The van der Waals surface area contributed by atoms with Crippen LogP contribution in [-0.2, 0) is 22.7 Å². The van der Waals surface area contributed by atoms with Gasteiger partial charge in [0, 0.05) is 67.3 Å². The zero-order chi connectivity index (χ0) is 40.6. The number of benzene rings is 3. The summed E-state index contributed by atoms with van der Waals surface area (Å²) in [6, 6.07) is 16.4. The highest BCUT2D eigenvalue weighted by Gasteiger charge is 2.64. The molecule has 3 aromatic carbocycles. The molecule has 1 aliphatic carbocycles. The summed E-state index contributed by atoms with van der Waals surface area (Å²) in [7, 11) is 0. The number of ether oxygens (including phenoxy) is 1. The van der Waals surface area contributed by atoms with Gasteiger partial charge in [0.1, 0.15) is 17.9 Å². The molecule has 4 heterocycles. The van der Waals surface area contributed by atoms with Crippen LogP contribution in [0.2, 0.25) is 0 Å². The standard InChI is InChI=1S/C45H50N6O6/c1-25-18-32(9-7-28(25)21-46)57-43-44(3,4)42(45(43,5)6)48-38(53)33-10-8-31(17-26(33)2)50-15-13-27(14-16-50)22-49-23-29-19-34-35(20-30(29)24-49)41(56)51(40(34)55)36-11-12-37(52)47-39(36)54/h7-10,17-20,27,36,42-43H,11-16,22-24H2,1-6H3,(H,48,53)(H,47,52,54). The summed E-state index contributed by atoms with van der Waals surface area (Å²) in [5, 5.41) is 14.9. The number of anilines is 1.